The van der Waals surface area contributed by atoms with Gasteiger partial charge in [0.05, 0.1) is 13.2 Å². The van der Waals surface area contributed by atoms with E-state index in [2.05, 4.69) is 5.32 Å². The van der Waals surface area contributed by atoms with E-state index >= 15 is 0 Å². The molecule has 0 bridgehead atoms. The molecule has 0 saturated heterocycles. The van der Waals surface area contributed by atoms with Crippen molar-refractivity contribution in [2.24, 2.45) is 0 Å². The van der Waals surface area contributed by atoms with Crippen molar-refractivity contribution in [2.45, 2.75) is 33.1 Å². The van der Waals surface area contributed by atoms with Gasteiger partial charge in [-0.1, -0.05) is 20.3 Å². The fourth-order valence-electron chi connectivity index (χ4n) is 0.872. The molecule has 6 nitrogen and oxygen atoms in total. The van der Waals surface area contributed by atoms with Crippen LogP contribution in [0.15, 0.2) is 0 Å². The van der Waals surface area contributed by atoms with Crippen LogP contribution in [0.2, 0.25) is 0 Å². The Kier molecular flexibility index (Phi) is 9.08. The van der Waals surface area contributed by atoms with Gasteiger partial charge in [-0.15, -0.1) is 0 Å². The summed E-state index contributed by atoms with van der Waals surface area (Å²) >= 11 is 0. The SMILES string of the molecule is CCCCOC(=O)NC(=N)[S+](C)C(=O)OCCC. The number of nitrogens with one attached hydrogen (secondary N) is 2. The number of alkyl carbamates (subject to hydrolysis) is 1. The lowest BCUT2D eigenvalue weighted by molar-refractivity contribution is 0.150. The first-order valence-electron chi connectivity index (χ1n) is 5.87. The van der Waals surface area contributed by atoms with Crippen molar-refractivity contribution in [2.75, 3.05) is 19.5 Å². The highest BCUT2D eigenvalue weighted by atomic mass is 32.2. The van der Waals surface area contributed by atoms with E-state index in [4.69, 9.17) is 14.9 Å². The average Bonchev–Trinajstić information content (AvgIpc) is 2.35. The molecule has 0 radical (unpaired) electrons. The first kappa shape index (κ1) is 16.8. The number of carbonyl (C=O) groups excluding carboxylic acids is 2. The molecule has 1 amide bonds. The lowest BCUT2D eigenvalue weighted by atomic mass is 10.4. The molecule has 1 unspecified atom stereocenters. The molecule has 0 saturated carbocycles. The van der Waals surface area contributed by atoms with Crippen LogP contribution in [0, 0.1) is 5.41 Å². The lowest BCUT2D eigenvalue weighted by Crippen LogP contribution is -2.39. The van der Waals surface area contributed by atoms with Crippen molar-refractivity contribution >= 4 is 27.5 Å². The van der Waals surface area contributed by atoms with Crippen LogP contribution in [-0.2, 0) is 20.4 Å². The topological polar surface area (TPSA) is 88.5 Å². The first-order valence-corrected chi connectivity index (χ1v) is 7.51. The Bertz CT molecular complexity index is 297. The summed E-state index contributed by atoms with van der Waals surface area (Å²) in [4.78, 5) is 22.7. The normalized spacial score (nSPS) is 11.5. The fourth-order valence-corrected chi connectivity index (χ4v) is 1.53. The Morgan fingerprint density at radius 2 is 1.83 bits per heavy atom. The second-order valence-corrected chi connectivity index (χ2v) is 5.31. The van der Waals surface area contributed by atoms with Crippen molar-refractivity contribution < 1.29 is 19.1 Å². The Hall–Kier alpha value is -1.24. The van der Waals surface area contributed by atoms with E-state index in [1.165, 1.54) is 6.26 Å². The number of amides is 1. The summed E-state index contributed by atoms with van der Waals surface area (Å²) in [5.41, 5.74) is 0. The Morgan fingerprint density at radius 1 is 1.17 bits per heavy atom. The molecule has 1 atom stereocenters. The molecular formula is C11H21N2O4S+. The van der Waals surface area contributed by atoms with Gasteiger partial charge in [0.2, 0.25) is 0 Å². The van der Waals surface area contributed by atoms with Crippen molar-refractivity contribution in [1.82, 2.24) is 5.32 Å². The van der Waals surface area contributed by atoms with Gasteiger partial charge in [-0.2, -0.15) is 4.79 Å². The van der Waals surface area contributed by atoms with Crippen molar-refractivity contribution in [3.63, 3.8) is 0 Å². The van der Waals surface area contributed by atoms with Gasteiger partial charge in [0.15, 0.2) is 10.9 Å². The molecule has 0 fully saturated rings. The number of unbranched alkanes of at least 4 members (excludes halogenated alkanes) is 1. The van der Waals surface area contributed by atoms with E-state index < -0.39 is 22.3 Å². The van der Waals surface area contributed by atoms with Crippen molar-refractivity contribution in [3.8, 4) is 0 Å². The summed E-state index contributed by atoms with van der Waals surface area (Å²) in [5, 5.41) is 9.13. The zero-order chi connectivity index (χ0) is 14.0. The smallest absolute Gasteiger partial charge is 0.449 e. The van der Waals surface area contributed by atoms with Crippen LogP contribution in [0.5, 0.6) is 0 Å². The number of amidine groups is 1. The van der Waals surface area contributed by atoms with E-state index in [1.807, 2.05) is 13.8 Å². The summed E-state index contributed by atoms with van der Waals surface area (Å²) in [7, 11) is -1.08. The van der Waals surface area contributed by atoms with Gasteiger partial charge >= 0.3 is 16.6 Å². The third-order valence-electron chi connectivity index (χ3n) is 1.93. The third kappa shape index (κ3) is 7.16. The Morgan fingerprint density at radius 3 is 2.39 bits per heavy atom. The van der Waals surface area contributed by atoms with E-state index in [9.17, 15) is 9.59 Å². The highest BCUT2D eigenvalue weighted by Crippen LogP contribution is 2.00. The van der Waals surface area contributed by atoms with Gasteiger partial charge in [0.1, 0.15) is 6.26 Å². The molecule has 0 aliphatic carbocycles. The van der Waals surface area contributed by atoms with Crippen molar-refractivity contribution in [1.29, 1.82) is 5.41 Å². The molecule has 18 heavy (non-hydrogen) atoms. The molecule has 104 valence electrons. The van der Waals surface area contributed by atoms with Crippen LogP contribution >= 0.6 is 0 Å². The van der Waals surface area contributed by atoms with Gasteiger partial charge in [0, 0.05) is 0 Å². The molecule has 0 spiro atoms. The van der Waals surface area contributed by atoms with Gasteiger partial charge in [-0.25, -0.2) is 15.5 Å². The molecule has 0 aromatic rings. The average molecular weight is 277 g/mol. The van der Waals surface area contributed by atoms with Crippen LogP contribution in [0.1, 0.15) is 33.1 Å². The third-order valence-corrected chi connectivity index (χ3v) is 3.26. The summed E-state index contributed by atoms with van der Waals surface area (Å²) in [6.07, 6.45) is 3.26. The number of carbonyl (C=O) groups is 2. The highest BCUT2D eigenvalue weighted by molar-refractivity contribution is 8.22. The predicted octanol–water partition coefficient (Wildman–Crippen LogP) is 2.24. The summed E-state index contributed by atoms with van der Waals surface area (Å²) < 4.78 is 9.72. The minimum absolute atomic E-state index is 0.183. The monoisotopic (exact) mass is 277 g/mol. The highest BCUT2D eigenvalue weighted by Gasteiger charge is 2.33. The maximum atomic E-state index is 11.4. The summed E-state index contributed by atoms with van der Waals surface area (Å²) in [6.45, 7) is 4.50. The van der Waals surface area contributed by atoms with E-state index in [0.29, 0.717) is 13.2 Å². The maximum Gasteiger partial charge on any atom is 0.534 e. The lowest BCUT2D eigenvalue weighted by Gasteiger charge is -2.05. The summed E-state index contributed by atoms with van der Waals surface area (Å²) in [6, 6.07) is 0. The van der Waals surface area contributed by atoms with Crippen LogP contribution < -0.4 is 5.32 Å². The van der Waals surface area contributed by atoms with Crippen molar-refractivity contribution in [3.05, 3.63) is 0 Å². The second-order valence-electron chi connectivity index (χ2n) is 3.55. The predicted molar refractivity (Wildman–Crippen MR) is 72.0 cm³/mol. The zero-order valence-electron chi connectivity index (χ0n) is 11.1. The van der Waals surface area contributed by atoms with E-state index in [-0.39, 0.29) is 5.17 Å². The van der Waals surface area contributed by atoms with Gasteiger partial charge in [0.25, 0.3) is 0 Å². The maximum absolute atomic E-state index is 11.4. The van der Waals surface area contributed by atoms with Crippen LogP contribution in [-0.4, -0.2) is 36.0 Å². The van der Waals surface area contributed by atoms with Crippen LogP contribution in [0.25, 0.3) is 0 Å². The molecule has 0 rings (SSSR count). The number of hydrogen-bond acceptors (Lipinski definition) is 5. The number of hydrogen-bond donors (Lipinski definition) is 2. The molecular weight excluding hydrogens is 256 g/mol. The van der Waals surface area contributed by atoms with Crippen LogP contribution in [0.3, 0.4) is 0 Å². The first-order chi connectivity index (χ1) is 8.52. The number of ether oxygens (including phenoxy) is 2. The molecule has 0 aliphatic rings. The molecule has 0 heterocycles. The summed E-state index contributed by atoms with van der Waals surface area (Å²) in [5.74, 6) is 0. The fraction of sp³-hybridized carbons (Fsp3) is 0.727. The van der Waals surface area contributed by atoms with Gasteiger partial charge in [-0.05, 0) is 12.8 Å². The van der Waals surface area contributed by atoms with E-state index in [0.717, 1.165) is 19.3 Å². The van der Waals surface area contributed by atoms with Gasteiger partial charge in [-0.3, -0.25) is 0 Å². The minimum atomic E-state index is -1.08. The molecule has 7 heteroatoms. The largest absolute Gasteiger partial charge is 0.534 e. The van der Waals surface area contributed by atoms with E-state index in [1.54, 1.807) is 0 Å². The Balaban J connectivity index is 3.99. The molecule has 0 aromatic carbocycles. The van der Waals surface area contributed by atoms with Crippen LogP contribution in [0.4, 0.5) is 9.59 Å². The second kappa shape index (κ2) is 9.76. The quantitative estimate of drug-likeness (QED) is 0.265. The molecule has 2 N–H and O–H groups in total. The van der Waals surface area contributed by atoms with Gasteiger partial charge < -0.3 is 9.47 Å². The minimum Gasteiger partial charge on any atom is -0.449 e. The standard InChI is InChI=1S/C11H20N2O4S/c1-4-6-8-16-10(14)13-9(12)18(3)11(15)17-7-5-2/h4-8H2,1-3H3,(H-,12,13,14)/p+1. The zero-order valence-corrected chi connectivity index (χ0v) is 11.9. The number of rotatable bonds is 5. The molecule has 0 aromatic heterocycles. The molecule has 0 aliphatic heterocycles. The Labute approximate surface area is 110 Å².